The van der Waals surface area contributed by atoms with Crippen LogP contribution < -0.4 is 4.74 Å². The number of methoxy groups -OCH3 is 1. The summed E-state index contributed by atoms with van der Waals surface area (Å²) < 4.78 is 5.38. The van der Waals surface area contributed by atoms with Gasteiger partial charge in [-0.25, -0.2) is 0 Å². The zero-order valence-corrected chi connectivity index (χ0v) is 18.0. The van der Waals surface area contributed by atoms with Crippen LogP contribution in [-0.4, -0.2) is 24.0 Å². The first-order valence-corrected chi connectivity index (χ1v) is 10.4. The Hall–Kier alpha value is -1.84. The molecule has 2 aliphatic carbocycles. The highest BCUT2D eigenvalue weighted by atomic mass is 16.5. The molecule has 0 radical (unpaired) electrons. The Morgan fingerprint density at radius 3 is 2.43 bits per heavy atom. The van der Waals surface area contributed by atoms with E-state index in [1.165, 1.54) is 0 Å². The fourth-order valence-corrected chi connectivity index (χ4v) is 6.48. The number of hydrogen-bond donors (Lipinski definition) is 1. The van der Waals surface area contributed by atoms with Gasteiger partial charge in [-0.3, -0.25) is 9.59 Å². The van der Waals surface area contributed by atoms with Crippen molar-refractivity contribution in [2.75, 3.05) is 7.11 Å². The highest BCUT2D eigenvalue weighted by Gasteiger charge is 2.59. The van der Waals surface area contributed by atoms with Gasteiger partial charge in [0.2, 0.25) is 0 Å². The number of carbonyl (C=O) groups excluding carboxylic acids is 1. The molecule has 5 unspecified atom stereocenters. The van der Waals surface area contributed by atoms with E-state index < -0.39 is 11.9 Å². The number of carbonyl (C=O) groups is 2. The lowest BCUT2D eigenvalue weighted by atomic mass is 9.44. The number of carboxylic acids is 1. The van der Waals surface area contributed by atoms with Crippen molar-refractivity contribution >= 4 is 11.8 Å². The van der Waals surface area contributed by atoms with E-state index >= 15 is 0 Å². The Morgan fingerprint density at radius 2 is 1.82 bits per heavy atom. The molecule has 1 N–H and O–H groups in total. The van der Waals surface area contributed by atoms with Crippen molar-refractivity contribution in [1.29, 1.82) is 0 Å². The summed E-state index contributed by atoms with van der Waals surface area (Å²) in [5.74, 6) is -0.749. The quantitative estimate of drug-likeness (QED) is 0.706. The van der Waals surface area contributed by atoms with Crippen molar-refractivity contribution in [3.63, 3.8) is 0 Å². The fraction of sp³-hybridized carbons (Fsp3) is 0.667. The molecule has 2 fully saturated rings. The second kappa shape index (κ2) is 7.20. The number of aliphatic carboxylic acids is 1. The third-order valence-corrected chi connectivity index (χ3v) is 7.81. The van der Waals surface area contributed by atoms with Crippen LogP contribution in [0.4, 0.5) is 0 Å². The number of benzene rings is 1. The van der Waals surface area contributed by atoms with Gasteiger partial charge < -0.3 is 9.84 Å². The lowest BCUT2D eigenvalue weighted by molar-refractivity contribution is -0.157. The maximum absolute atomic E-state index is 13.8. The number of Topliss-reactive ketones (excluding diaryl/α,β-unsaturated/α-hetero) is 1. The Morgan fingerprint density at radius 1 is 1.14 bits per heavy atom. The predicted molar refractivity (Wildman–Crippen MR) is 110 cm³/mol. The molecule has 5 atom stereocenters. The molecule has 0 amide bonds. The standard InChI is InChI=1S/C24H34O4/c1-14-10-16(12-17(11-14)28-6)21(25)20-15(2)18(22(26)27)13-19-23(3,4)8-7-9-24(19,20)5/h10-12,15,18-20H,7-9,13H2,1-6H3,(H,26,27). The topological polar surface area (TPSA) is 63.6 Å². The van der Waals surface area contributed by atoms with E-state index in [1.54, 1.807) is 13.2 Å². The van der Waals surface area contributed by atoms with Crippen LogP contribution in [0.1, 0.15) is 69.3 Å². The van der Waals surface area contributed by atoms with Gasteiger partial charge in [-0.15, -0.1) is 0 Å². The first-order chi connectivity index (χ1) is 13.0. The zero-order valence-electron chi connectivity index (χ0n) is 18.0. The van der Waals surface area contributed by atoms with Gasteiger partial charge >= 0.3 is 5.97 Å². The molecule has 154 valence electrons. The SMILES string of the molecule is COc1cc(C)cc(C(=O)C2C(C)C(C(=O)O)CC3C(C)(C)CCCC23C)c1. The molecule has 1 aromatic rings. The molecule has 1 aromatic carbocycles. The molecule has 0 heterocycles. The Bertz CT molecular complexity index is 781. The molecule has 28 heavy (non-hydrogen) atoms. The van der Waals surface area contributed by atoms with Crippen molar-refractivity contribution in [2.45, 2.75) is 60.3 Å². The number of rotatable bonds is 4. The predicted octanol–water partition coefficient (Wildman–Crippen LogP) is 5.38. The van der Waals surface area contributed by atoms with Gasteiger partial charge in [0, 0.05) is 11.5 Å². The van der Waals surface area contributed by atoms with Gasteiger partial charge in [-0.05, 0) is 72.6 Å². The average Bonchev–Trinajstić information content (AvgIpc) is 2.59. The molecule has 4 nitrogen and oxygen atoms in total. The third-order valence-electron chi connectivity index (χ3n) is 7.81. The molecular weight excluding hydrogens is 352 g/mol. The second-order valence-corrected chi connectivity index (χ2v) is 10.0. The monoisotopic (exact) mass is 386 g/mol. The second-order valence-electron chi connectivity index (χ2n) is 10.0. The van der Waals surface area contributed by atoms with Crippen molar-refractivity contribution in [1.82, 2.24) is 0 Å². The zero-order chi connectivity index (χ0) is 20.9. The summed E-state index contributed by atoms with van der Waals surface area (Å²) in [6, 6.07) is 5.63. The maximum Gasteiger partial charge on any atom is 0.306 e. The van der Waals surface area contributed by atoms with E-state index in [0.717, 1.165) is 24.8 Å². The van der Waals surface area contributed by atoms with Gasteiger partial charge in [0.05, 0.1) is 13.0 Å². The molecule has 2 aliphatic rings. The number of ether oxygens (including phenoxy) is 1. The average molecular weight is 387 g/mol. The van der Waals surface area contributed by atoms with Crippen LogP contribution in [0.25, 0.3) is 0 Å². The van der Waals surface area contributed by atoms with Crippen LogP contribution in [0.2, 0.25) is 0 Å². The summed E-state index contributed by atoms with van der Waals surface area (Å²) >= 11 is 0. The Labute approximate surface area is 168 Å². The fourth-order valence-electron chi connectivity index (χ4n) is 6.48. The van der Waals surface area contributed by atoms with E-state index in [9.17, 15) is 14.7 Å². The molecular formula is C24H34O4. The number of hydrogen-bond acceptors (Lipinski definition) is 3. The van der Waals surface area contributed by atoms with Gasteiger partial charge in [-0.2, -0.15) is 0 Å². The maximum atomic E-state index is 13.8. The van der Waals surface area contributed by atoms with E-state index in [-0.39, 0.29) is 34.4 Å². The van der Waals surface area contributed by atoms with Crippen molar-refractivity contribution in [3.05, 3.63) is 29.3 Å². The minimum Gasteiger partial charge on any atom is -0.497 e. The smallest absolute Gasteiger partial charge is 0.306 e. The highest BCUT2D eigenvalue weighted by molar-refractivity contribution is 5.99. The summed E-state index contributed by atoms with van der Waals surface area (Å²) in [7, 11) is 1.60. The molecule has 0 aliphatic heterocycles. The van der Waals surface area contributed by atoms with Gasteiger partial charge in [-0.1, -0.05) is 34.1 Å². The van der Waals surface area contributed by atoms with Crippen LogP contribution in [0.5, 0.6) is 5.75 Å². The third kappa shape index (κ3) is 3.35. The first-order valence-electron chi connectivity index (χ1n) is 10.4. The lowest BCUT2D eigenvalue weighted by Crippen LogP contribution is -2.57. The summed E-state index contributed by atoms with van der Waals surface area (Å²) in [5.41, 5.74) is 1.49. The van der Waals surface area contributed by atoms with Crippen LogP contribution in [0, 0.1) is 41.4 Å². The molecule has 0 spiro atoms. The first kappa shape index (κ1) is 20.9. The van der Waals surface area contributed by atoms with Crippen molar-refractivity contribution in [2.24, 2.45) is 34.5 Å². The van der Waals surface area contributed by atoms with E-state index in [0.29, 0.717) is 17.7 Å². The molecule has 0 bridgehead atoms. The van der Waals surface area contributed by atoms with E-state index in [4.69, 9.17) is 4.74 Å². The Balaban J connectivity index is 2.10. The van der Waals surface area contributed by atoms with Gasteiger partial charge in [0.15, 0.2) is 5.78 Å². The van der Waals surface area contributed by atoms with Gasteiger partial charge in [0.25, 0.3) is 0 Å². The summed E-state index contributed by atoms with van der Waals surface area (Å²) in [6.07, 6.45) is 3.83. The van der Waals surface area contributed by atoms with E-state index in [1.807, 2.05) is 26.0 Å². The molecule has 2 saturated carbocycles. The normalized spacial score (nSPS) is 34.4. The minimum atomic E-state index is -0.768. The Kier molecular flexibility index (Phi) is 5.37. The van der Waals surface area contributed by atoms with Crippen LogP contribution in [0.15, 0.2) is 18.2 Å². The molecule has 3 rings (SSSR count). The summed E-state index contributed by atoms with van der Waals surface area (Å²) in [4.78, 5) is 25.9. The number of ketones is 1. The number of carboxylic acid groups (broad SMARTS) is 1. The highest BCUT2D eigenvalue weighted by Crippen LogP contribution is 2.62. The molecule has 0 aromatic heterocycles. The van der Waals surface area contributed by atoms with Gasteiger partial charge in [0.1, 0.15) is 5.75 Å². The van der Waals surface area contributed by atoms with Crippen molar-refractivity contribution < 1.29 is 19.4 Å². The minimum absolute atomic E-state index is 0.0453. The van der Waals surface area contributed by atoms with Crippen LogP contribution in [-0.2, 0) is 4.79 Å². The number of aryl methyl sites for hydroxylation is 1. The summed E-state index contributed by atoms with van der Waals surface area (Å²) in [6.45, 7) is 10.7. The molecule has 4 heteroatoms. The van der Waals surface area contributed by atoms with Crippen LogP contribution >= 0.6 is 0 Å². The van der Waals surface area contributed by atoms with E-state index in [2.05, 4.69) is 20.8 Å². The largest absolute Gasteiger partial charge is 0.497 e. The summed E-state index contributed by atoms with van der Waals surface area (Å²) in [5, 5.41) is 9.92. The number of fused-ring (bicyclic) bond motifs is 1. The lowest BCUT2D eigenvalue weighted by Gasteiger charge is -2.59. The molecule has 0 saturated heterocycles. The van der Waals surface area contributed by atoms with Crippen LogP contribution in [0.3, 0.4) is 0 Å². The van der Waals surface area contributed by atoms with Crippen molar-refractivity contribution in [3.8, 4) is 5.75 Å².